The molecule has 0 aliphatic carbocycles. The molecule has 0 aliphatic rings. The molecule has 0 heterocycles. The number of carbonyl (C=O) groups excluding carboxylic acids is 1. The van der Waals surface area contributed by atoms with Gasteiger partial charge in [0.15, 0.2) is 0 Å². The molecule has 4 heteroatoms. The van der Waals surface area contributed by atoms with Crippen molar-refractivity contribution < 1.29 is 4.79 Å². The second-order valence-electron chi connectivity index (χ2n) is 2.19. The number of halogens is 2. The molecular formula is C8H9Cl2NO. The van der Waals surface area contributed by atoms with E-state index in [1.807, 2.05) is 18.2 Å². The van der Waals surface area contributed by atoms with Gasteiger partial charge in [-0.15, -0.1) is 12.4 Å². The fourth-order valence-corrected chi connectivity index (χ4v) is 0.917. The van der Waals surface area contributed by atoms with Gasteiger partial charge in [-0.2, -0.15) is 0 Å². The van der Waals surface area contributed by atoms with Gasteiger partial charge >= 0.3 is 0 Å². The average molecular weight is 206 g/mol. The van der Waals surface area contributed by atoms with Gasteiger partial charge in [0.25, 0.3) is 0 Å². The third-order valence-electron chi connectivity index (χ3n) is 1.40. The van der Waals surface area contributed by atoms with E-state index in [9.17, 15) is 4.79 Å². The molecule has 12 heavy (non-hydrogen) atoms. The summed E-state index contributed by atoms with van der Waals surface area (Å²) < 4.78 is 0. The molecule has 66 valence electrons. The van der Waals surface area contributed by atoms with Crippen LogP contribution in [0.3, 0.4) is 0 Å². The lowest BCUT2D eigenvalue weighted by atomic mass is 10.1. The van der Waals surface area contributed by atoms with Gasteiger partial charge in [-0.3, -0.25) is 4.79 Å². The largest absolute Gasteiger partial charge is 0.317 e. The van der Waals surface area contributed by atoms with Crippen molar-refractivity contribution in [2.24, 2.45) is 5.73 Å². The summed E-state index contributed by atoms with van der Waals surface area (Å²) in [5.74, 6) is 0. The van der Waals surface area contributed by atoms with Crippen molar-refractivity contribution in [2.45, 2.75) is 6.04 Å². The summed E-state index contributed by atoms with van der Waals surface area (Å²) in [5, 5.41) is -0.531. The number of benzene rings is 1. The van der Waals surface area contributed by atoms with Crippen molar-refractivity contribution in [1.82, 2.24) is 0 Å². The second kappa shape index (κ2) is 5.14. The highest BCUT2D eigenvalue weighted by molar-refractivity contribution is 6.64. The van der Waals surface area contributed by atoms with E-state index in [2.05, 4.69) is 0 Å². The molecule has 1 aromatic carbocycles. The van der Waals surface area contributed by atoms with Crippen LogP contribution >= 0.6 is 24.0 Å². The third kappa shape index (κ3) is 2.81. The van der Waals surface area contributed by atoms with Crippen molar-refractivity contribution in [1.29, 1.82) is 0 Å². The molecule has 2 N–H and O–H groups in total. The van der Waals surface area contributed by atoms with E-state index in [4.69, 9.17) is 17.3 Å². The Hall–Kier alpha value is -0.570. The van der Waals surface area contributed by atoms with Gasteiger partial charge in [0.2, 0.25) is 5.24 Å². The lowest BCUT2D eigenvalue weighted by molar-refractivity contribution is -0.112. The molecule has 0 amide bonds. The molecule has 2 nitrogen and oxygen atoms in total. The van der Waals surface area contributed by atoms with Crippen molar-refractivity contribution in [2.75, 3.05) is 0 Å². The monoisotopic (exact) mass is 205 g/mol. The fraction of sp³-hybridized carbons (Fsp3) is 0.125. The van der Waals surface area contributed by atoms with E-state index >= 15 is 0 Å². The molecular weight excluding hydrogens is 197 g/mol. The maximum atomic E-state index is 10.6. The van der Waals surface area contributed by atoms with Gasteiger partial charge in [0, 0.05) is 0 Å². The van der Waals surface area contributed by atoms with E-state index in [0.29, 0.717) is 0 Å². The molecule has 1 rings (SSSR count). The maximum absolute atomic E-state index is 10.6. The smallest absolute Gasteiger partial charge is 0.242 e. The van der Waals surface area contributed by atoms with Crippen LogP contribution in [-0.4, -0.2) is 5.24 Å². The first-order valence-electron chi connectivity index (χ1n) is 3.21. The van der Waals surface area contributed by atoms with Gasteiger partial charge in [-0.25, -0.2) is 0 Å². The normalized spacial score (nSPS) is 11.5. The summed E-state index contributed by atoms with van der Waals surface area (Å²) in [6, 6.07) is 8.33. The van der Waals surface area contributed by atoms with Crippen LogP contribution in [-0.2, 0) is 4.79 Å². The predicted octanol–water partition coefficient (Wildman–Crippen LogP) is 1.87. The Bertz CT molecular complexity index is 250. The topological polar surface area (TPSA) is 43.1 Å². The fourth-order valence-electron chi connectivity index (χ4n) is 0.791. The van der Waals surface area contributed by atoms with E-state index in [0.717, 1.165) is 5.56 Å². The third-order valence-corrected chi connectivity index (χ3v) is 1.64. The molecule has 0 radical (unpaired) electrons. The van der Waals surface area contributed by atoms with Gasteiger partial charge in [-0.05, 0) is 17.2 Å². The molecule has 1 atom stereocenters. The molecule has 0 bridgehead atoms. The minimum atomic E-state index is -0.696. The zero-order valence-electron chi connectivity index (χ0n) is 6.24. The zero-order valence-corrected chi connectivity index (χ0v) is 7.81. The molecule has 0 spiro atoms. The van der Waals surface area contributed by atoms with Gasteiger partial charge in [-0.1, -0.05) is 30.3 Å². The molecule has 0 aliphatic heterocycles. The standard InChI is InChI=1S/C8H8ClNO.ClH/c9-8(11)7(10)6-4-2-1-3-5-6;/h1-5,7H,10H2;1H/t7-;/m0./s1. The lowest BCUT2D eigenvalue weighted by Crippen LogP contribution is -2.16. The van der Waals surface area contributed by atoms with E-state index in [1.54, 1.807) is 12.1 Å². The van der Waals surface area contributed by atoms with Gasteiger partial charge in [0.05, 0.1) is 0 Å². The Balaban J connectivity index is 0.00000121. The SMILES string of the molecule is Cl.N[C@H](C(=O)Cl)c1ccccc1. The van der Waals surface area contributed by atoms with E-state index in [-0.39, 0.29) is 12.4 Å². The number of hydrogen-bond donors (Lipinski definition) is 1. The lowest BCUT2D eigenvalue weighted by Gasteiger charge is -2.04. The van der Waals surface area contributed by atoms with E-state index in [1.165, 1.54) is 0 Å². The molecule has 0 fully saturated rings. The van der Waals surface area contributed by atoms with Crippen LogP contribution in [0.2, 0.25) is 0 Å². The summed E-state index contributed by atoms with van der Waals surface area (Å²) in [4.78, 5) is 10.6. The average Bonchev–Trinajstić information content (AvgIpc) is 2.05. The highest BCUT2D eigenvalue weighted by atomic mass is 35.5. The quantitative estimate of drug-likeness (QED) is 0.750. The maximum Gasteiger partial charge on any atom is 0.242 e. The van der Waals surface area contributed by atoms with Crippen LogP contribution in [0.15, 0.2) is 30.3 Å². The molecule has 0 unspecified atom stereocenters. The van der Waals surface area contributed by atoms with Crippen molar-refractivity contribution in [3.8, 4) is 0 Å². The first kappa shape index (κ1) is 11.4. The summed E-state index contributed by atoms with van der Waals surface area (Å²) in [7, 11) is 0. The highest BCUT2D eigenvalue weighted by Crippen LogP contribution is 2.11. The van der Waals surface area contributed by atoms with Crippen molar-refractivity contribution in [3.05, 3.63) is 35.9 Å². The van der Waals surface area contributed by atoms with Crippen molar-refractivity contribution in [3.63, 3.8) is 0 Å². The summed E-state index contributed by atoms with van der Waals surface area (Å²) in [6.07, 6.45) is 0. The number of rotatable bonds is 2. The number of carbonyl (C=O) groups is 1. The predicted molar refractivity (Wildman–Crippen MR) is 51.5 cm³/mol. The van der Waals surface area contributed by atoms with Crippen molar-refractivity contribution >= 4 is 29.3 Å². The molecule has 1 aromatic rings. The van der Waals surface area contributed by atoms with Crippen LogP contribution in [0.25, 0.3) is 0 Å². The first-order chi connectivity index (χ1) is 5.22. The van der Waals surface area contributed by atoms with Crippen LogP contribution in [0.5, 0.6) is 0 Å². The summed E-state index contributed by atoms with van der Waals surface area (Å²) >= 11 is 5.20. The molecule has 0 aromatic heterocycles. The second-order valence-corrected chi connectivity index (χ2v) is 2.56. The Morgan fingerprint density at radius 3 is 2.25 bits per heavy atom. The molecule has 0 saturated heterocycles. The Labute approximate surface area is 82.1 Å². The highest BCUT2D eigenvalue weighted by Gasteiger charge is 2.11. The Morgan fingerprint density at radius 1 is 1.33 bits per heavy atom. The van der Waals surface area contributed by atoms with Crippen LogP contribution in [0, 0.1) is 0 Å². The number of nitrogens with two attached hydrogens (primary N) is 1. The zero-order chi connectivity index (χ0) is 8.27. The van der Waals surface area contributed by atoms with Crippen LogP contribution < -0.4 is 5.73 Å². The van der Waals surface area contributed by atoms with Crippen LogP contribution in [0.4, 0.5) is 0 Å². The minimum Gasteiger partial charge on any atom is -0.317 e. The number of hydrogen-bond acceptors (Lipinski definition) is 2. The van der Waals surface area contributed by atoms with E-state index < -0.39 is 11.3 Å². The van der Waals surface area contributed by atoms with Gasteiger partial charge < -0.3 is 5.73 Å². The summed E-state index contributed by atoms with van der Waals surface area (Å²) in [6.45, 7) is 0. The Morgan fingerprint density at radius 2 is 1.83 bits per heavy atom. The first-order valence-corrected chi connectivity index (χ1v) is 3.59. The Kier molecular flexibility index (Phi) is 4.90. The molecule has 0 saturated carbocycles. The van der Waals surface area contributed by atoms with Gasteiger partial charge in [0.1, 0.15) is 6.04 Å². The van der Waals surface area contributed by atoms with Crippen LogP contribution in [0.1, 0.15) is 11.6 Å². The minimum absolute atomic E-state index is 0. The summed E-state index contributed by atoms with van der Waals surface area (Å²) in [5.41, 5.74) is 6.20.